The number of rotatable bonds is 5. The first-order valence-electron chi connectivity index (χ1n) is 8.11. The highest BCUT2D eigenvalue weighted by Crippen LogP contribution is 2.19. The van der Waals surface area contributed by atoms with Gasteiger partial charge in [0.1, 0.15) is 0 Å². The van der Waals surface area contributed by atoms with Crippen LogP contribution in [0.25, 0.3) is 11.1 Å². The maximum absolute atomic E-state index is 12.1. The molecular weight excluding hydrogens is 364 g/mol. The van der Waals surface area contributed by atoms with Crippen LogP contribution in [-0.2, 0) is 11.3 Å². The van der Waals surface area contributed by atoms with E-state index in [0.717, 1.165) is 12.8 Å². The highest BCUT2D eigenvalue weighted by atomic mass is 35.5. The number of ether oxygens (including phenoxy) is 1. The van der Waals surface area contributed by atoms with Gasteiger partial charge in [0.2, 0.25) is 0 Å². The van der Waals surface area contributed by atoms with E-state index in [2.05, 4.69) is 15.5 Å². The van der Waals surface area contributed by atoms with Crippen molar-refractivity contribution >= 4 is 28.6 Å². The molecule has 0 spiro atoms. The number of hydrogen-bond donors (Lipinski definition) is 1. The van der Waals surface area contributed by atoms with Gasteiger partial charge in [-0.25, -0.2) is 4.79 Å². The highest BCUT2D eigenvalue weighted by Gasteiger charge is 2.20. The number of hydrogen-bond acceptors (Lipinski definition) is 7. The fourth-order valence-electron chi connectivity index (χ4n) is 2.82. The molecule has 1 N–H and O–H groups in total. The lowest BCUT2D eigenvalue weighted by Crippen LogP contribution is -2.32. The molecule has 10 heteroatoms. The van der Waals surface area contributed by atoms with Gasteiger partial charge in [0.25, 0.3) is 0 Å². The van der Waals surface area contributed by atoms with Crippen LogP contribution in [-0.4, -0.2) is 39.9 Å². The quantitative estimate of drug-likeness (QED) is 0.717. The Labute approximate surface area is 151 Å². The third-order valence-electron chi connectivity index (χ3n) is 4.11. The van der Waals surface area contributed by atoms with Crippen molar-refractivity contribution in [2.75, 3.05) is 13.2 Å². The van der Waals surface area contributed by atoms with Crippen LogP contribution >= 0.6 is 11.6 Å². The van der Waals surface area contributed by atoms with Crippen molar-refractivity contribution < 1.29 is 18.5 Å². The number of nitrogens with zero attached hydrogens (tertiary/aromatic N) is 3. The minimum Gasteiger partial charge on any atom is -0.408 e. The lowest BCUT2D eigenvalue weighted by Gasteiger charge is -2.08. The summed E-state index contributed by atoms with van der Waals surface area (Å²) in [6.45, 7) is 1.10. The Morgan fingerprint density at radius 1 is 1.42 bits per heavy atom. The Kier molecular flexibility index (Phi) is 4.48. The molecule has 1 saturated heterocycles. The molecule has 0 aliphatic carbocycles. The third-order valence-corrected chi connectivity index (χ3v) is 4.34. The van der Waals surface area contributed by atoms with Crippen molar-refractivity contribution in [2.24, 2.45) is 0 Å². The number of carbonyl (C=O) groups is 1. The van der Waals surface area contributed by atoms with Gasteiger partial charge < -0.3 is 19.0 Å². The van der Waals surface area contributed by atoms with E-state index in [1.54, 1.807) is 18.2 Å². The summed E-state index contributed by atoms with van der Waals surface area (Å²) in [4.78, 5) is 28.1. The second kappa shape index (κ2) is 6.93. The molecule has 1 unspecified atom stereocenters. The highest BCUT2D eigenvalue weighted by molar-refractivity contribution is 6.31. The Hall–Kier alpha value is -2.65. The van der Waals surface area contributed by atoms with Gasteiger partial charge in [0.05, 0.1) is 18.2 Å². The summed E-state index contributed by atoms with van der Waals surface area (Å²) in [5.41, 5.74) is 0.911. The van der Waals surface area contributed by atoms with E-state index in [1.807, 2.05) is 0 Å². The molecule has 1 aliphatic rings. The normalized spacial score (nSPS) is 17.0. The molecule has 0 radical (unpaired) electrons. The predicted molar refractivity (Wildman–Crippen MR) is 90.2 cm³/mol. The van der Waals surface area contributed by atoms with Crippen LogP contribution in [0.2, 0.25) is 5.02 Å². The first kappa shape index (κ1) is 16.8. The number of amides is 1. The van der Waals surface area contributed by atoms with Gasteiger partial charge in [-0.1, -0.05) is 16.8 Å². The van der Waals surface area contributed by atoms with E-state index < -0.39 is 11.7 Å². The zero-order chi connectivity index (χ0) is 18.1. The maximum Gasteiger partial charge on any atom is 0.420 e. The lowest BCUT2D eigenvalue weighted by molar-refractivity contribution is 0.0822. The average Bonchev–Trinajstić information content (AvgIpc) is 3.35. The number of nitrogens with one attached hydrogen (secondary N) is 1. The smallest absolute Gasteiger partial charge is 0.408 e. The molecule has 3 heterocycles. The fourth-order valence-corrected chi connectivity index (χ4v) is 2.99. The third kappa shape index (κ3) is 3.35. The molecule has 1 atom stereocenters. The summed E-state index contributed by atoms with van der Waals surface area (Å²) >= 11 is 5.97. The van der Waals surface area contributed by atoms with E-state index in [9.17, 15) is 9.59 Å². The van der Waals surface area contributed by atoms with Crippen LogP contribution in [0, 0.1) is 0 Å². The molecular formula is C16H15ClN4O5. The van der Waals surface area contributed by atoms with Gasteiger partial charge in [-0.05, 0) is 31.0 Å². The number of aromatic nitrogens is 3. The van der Waals surface area contributed by atoms with Crippen molar-refractivity contribution in [1.82, 2.24) is 20.0 Å². The summed E-state index contributed by atoms with van der Waals surface area (Å²) in [6.07, 6.45) is 1.92. The Bertz CT molecular complexity index is 1000. The molecule has 4 rings (SSSR count). The van der Waals surface area contributed by atoms with Gasteiger partial charge in [-0.15, -0.1) is 0 Å². The molecule has 1 fully saturated rings. The van der Waals surface area contributed by atoms with Crippen LogP contribution in [0.1, 0.15) is 29.4 Å². The van der Waals surface area contributed by atoms with Gasteiger partial charge in [-0.2, -0.15) is 4.98 Å². The van der Waals surface area contributed by atoms with E-state index in [0.29, 0.717) is 29.3 Å². The van der Waals surface area contributed by atoms with E-state index in [4.69, 9.17) is 25.3 Å². The molecule has 1 amide bonds. The SMILES string of the molecule is O=C(NCC1CCCO1)c1nc(Cn2c(=O)oc3ccc(Cl)cc32)no1. The van der Waals surface area contributed by atoms with E-state index in [1.165, 1.54) is 4.57 Å². The molecule has 26 heavy (non-hydrogen) atoms. The maximum atomic E-state index is 12.1. The predicted octanol–water partition coefficient (Wildman–Crippen LogP) is 1.59. The van der Waals surface area contributed by atoms with Crippen molar-refractivity contribution in [3.05, 3.63) is 45.5 Å². The summed E-state index contributed by atoms with van der Waals surface area (Å²) < 4.78 is 16.9. The number of benzene rings is 1. The summed E-state index contributed by atoms with van der Waals surface area (Å²) in [5, 5.41) is 6.91. The number of carbonyl (C=O) groups excluding carboxylic acids is 1. The minimum atomic E-state index is -0.573. The number of halogens is 1. The number of fused-ring (bicyclic) bond motifs is 1. The largest absolute Gasteiger partial charge is 0.420 e. The first-order valence-corrected chi connectivity index (χ1v) is 8.49. The van der Waals surface area contributed by atoms with Crippen LogP contribution in [0.3, 0.4) is 0 Å². The average molecular weight is 379 g/mol. The molecule has 0 saturated carbocycles. The van der Waals surface area contributed by atoms with Gasteiger partial charge >= 0.3 is 17.6 Å². The van der Waals surface area contributed by atoms with Crippen molar-refractivity contribution in [2.45, 2.75) is 25.5 Å². The molecule has 1 aliphatic heterocycles. The first-order chi connectivity index (χ1) is 12.6. The Balaban J connectivity index is 1.48. The van der Waals surface area contributed by atoms with E-state index >= 15 is 0 Å². The van der Waals surface area contributed by atoms with Gasteiger partial charge in [0.15, 0.2) is 11.4 Å². The second-order valence-electron chi connectivity index (χ2n) is 5.93. The molecule has 3 aromatic rings. The lowest BCUT2D eigenvalue weighted by atomic mass is 10.2. The molecule has 1 aromatic carbocycles. The van der Waals surface area contributed by atoms with Crippen LogP contribution in [0.5, 0.6) is 0 Å². The molecule has 2 aromatic heterocycles. The van der Waals surface area contributed by atoms with Crippen molar-refractivity contribution in [3.8, 4) is 0 Å². The minimum absolute atomic E-state index is 0.00527. The summed E-state index contributed by atoms with van der Waals surface area (Å²) in [6, 6.07) is 4.84. The van der Waals surface area contributed by atoms with Gasteiger partial charge in [-0.3, -0.25) is 9.36 Å². The number of oxazole rings is 1. The topological polar surface area (TPSA) is 112 Å². The molecule has 136 valence electrons. The molecule has 9 nitrogen and oxygen atoms in total. The zero-order valence-electron chi connectivity index (χ0n) is 13.6. The Morgan fingerprint density at radius 2 is 2.31 bits per heavy atom. The second-order valence-corrected chi connectivity index (χ2v) is 6.36. The van der Waals surface area contributed by atoms with Crippen LogP contribution in [0.4, 0.5) is 0 Å². The van der Waals surface area contributed by atoms with Crippen LogP contribution in [0.15, 0.2) is 31.9 Å². The Morgan fingerprint density at radius 3 is 3.12 bits per heavy atom. The monoisotopic (exact) mass is 378 g/mol. The van der Waals surface area contributed by atoms with E-state index in [-0.39, 0.29) is 24.4 Å². The standard InChI is InChI=1S/C16H15ClN4O5/c17-9-3-4-12-11(6-9)21(16(23)25-12)8-13-19-15(26-20-13)14(22)18-7-10-2-1-5-24-10/h3-4,6,10H,1-2,5,7-8H2,(H,18,22). The molecule has 0 bridgehead atoms. The van der Waals surface area contributed by atoms with Gasteiger partial charge in [0, 0.05) is 18.2 Å². The summed E-state index contributed by atoms with van der Waals surface area (Å²) in [5.74, 6) is -1.04. The van der Waals surface area contributed by atoms with Crippen molar-refractivity contribution in [3.63, 3.8) is 0 Å². The summed E-state index contributed by atoms with van der Waals surface area (Å²) in [7, 11) is 0. The van der Waals surface area contributed by atoms with Crippen molar-refractivity contribution in [1.29, 1.82) is 0 Å². The van der Waals surface area contributed by atoms with Crippen LogP contribution < -0.4 is 11.1 Å². The fraction of sp³-hybridized carbons (Fsp3) is 0.375. The zero-order valence-corrected chi connectivity index (χ0v) is 14.4.